The topological polar surface area (TPSA) is 99.0 Å². The van der Waals surface area contributed by atoms with Gasteiger partial charge in [0.1, 0.15) is 11.7 Å². The molecule has 0 unspecified atom stereocenters. The fourth-order valence-corrected chi connectivity index (χ4v) is 3.73. The Kier molecular flexibility index (Phi) is 9.64. The molecule has 0 saturated heterocycles. The van der Waals surface area contributed by atoms with Gasteiger partial charge in [-0.3, -0.25) is 9.98 Å². The Hall–Kier alpha value is -3.42. The van der Waals surface area contributed by atoms with E-state index >= 15 is 0 Å². The van der Waals surface area contributed by atoms with Gasteiger partial charge in [0, 0.05) is 35.6 Å². The number of nitrogens with zero attached hydrogens (tertiary/aromatic N) is 4. The number of aromatic nitrogens is 1. The molecule has 0 spiro atoms. The minimum atomic E-state index is 0.586. The van der Waals surface area contributed by atoms with Gasteiger partial charge in [0.05, 0.1) is 0 Å². The Labute approximate surface area is 209 Å². The minimum absolute atomic E-state index is 0.586. The summed E-state index contributed by atoms with van der Waals surface area (Å²) in [5, 5.41) is 0. The van der Waals surface area contributed by atoms with Gasteiger partial charge in [-0.15, -0.1) is 0 Å². The van der Waals surface area contributed by atoms with Crippen LogP contribution >= 0.6 is 0 Å². The van der Waals surface area contributed by atoms with E-state index in [-0.39, 0.29) is 0 Å². The van der Waals surface area contributed by atoms with Gasteiger partial charge in [-0.05, 0) is 77.4 Å². The van der Waals surface area contributed by atoms with Crippen molar-refractivity contribution in [3.05, 3.63) is 71.8 Å². The number of hydrogen-bond acceptors (Lipinski definition) is 4. The third-order valence-corrected chi connectivity index (χ3v) is 5.76. The summed E-state index contributed by atoms with van der Waals surface area (Å²) in [6.07, 6.45) is 1.99. The van der Waals surface area contributed by atoms with Gasteiger partial charge < -0.3 is 26.3 Å². The number of benzene rings is 2. The van der Waals surface area contributed by atoms with Crippen molar-refractivity contribution in [2.45, 2.75) is 12.8 Å². The first kappa shape index (κ1) is 26.2. The lowest BCUT2D eigenvalue weighted by molar-refractivity contribution is 0.403. The van der Waals surface area contributed by atoms with Gasteiger partial charge in [-0.2, -0.15) is 0 Å². The molecule has 2 aromatic carbocycles. The second-order valence-electron chi connectivity index (χ2n) is 9.29. The molecule has 0 atom stereocenters. The maximum absolute atomic E-state index is 6.17. The van der Waals surface area contributed by atoms with Gasteiger partial charge in [0.25, 0.3) is 0 Å². The lowest BCUT2D eigenvalue weighted by Crippen LogP contribution is -2.16. The Morgan fingerprint density at radius 2 is 1.00 bits per heavy atom. The highest BCUT2D eigenvalue weighted by atomic mass is 15.1. The lowest BCUT2D eigenvalue weighted by Gasteiger charge is -2.08. The average Bonchev–Trinajstić information content (AvgIpc) is 3.34. The predicted octanol–water partition coefficient (Wildman–Crippen LogP) is 3.66. The van der Waals surface area contributed by atoms with E-state index in [0.29, 0.717) is 11.7 Å². The molecule has 7 heteroatoms. The van der Waals surface area contributed by atoms with Gasteiger partial charge in [0.2, 0.25) is 0 Å². The zero-order chi connectivity index (χ0) is 25.2. The fourth-order valence-electron chi connectivity index (χ4n) is 3.73. The molecule has 5 N–H and O–H groups in total. The number of aliphatic imine (C=N–C) groups is 2. The molecule has 186 valence electrons. The van der Waals surface area contributed by atoms with Crippen LogP contribution in [0.1, 0.15) is 24.0 Å². The molecular weight excluding hydrogens is 434 g/mol. The normalized spacial score (nSPS) is 12.6. The molecule has 3 rings (SSSR count). The Morgan fingerprint density at radius 1 is 0.629 bits per heavy atom. The molecule has 1 aromatic heterocycles. The Balaban J connectivity index is 1.61. The molecule has 0 radical (unpaired) electrons. The molecule has 3 aromatic rings. The van der Waals surface area contributed by atoms with Crippen LogP contribution in [0.3, 0.4) is 0 Å². The summed E-state index contributed by atoms with van der Waals surface area (Å²) >= 11 is 0. The fraction of sp³-hybridized carbons (Fsp3) is 0.357. The summed E-state index contributed by atoms with van der Waals surface area (Å²) in [5.41, 5.74) is 18.5. The largest absolute Gasteiger partial charge is 0.384 e. The first-order valence-corrected chi connectivity index (χ1v) is 12.1. The van der Waals surface area contributed by atoms with E-state index in [2.05, 4.69) is 89.4 Å². The average molecular weight is 474 g/mol. The SMILES string of the molecule is CN(C)CCCN=C(N)c1ccc(-c2ccc(-c3ccc(C(N)=NCCCN(C)C)cc3)[nH]2)cc1. The van der Waals surface area contributed by atoms with Gasteiger partial charge >= 0.3 is 0 Å². The van der Waals surface area contributed by atoms with Crippen molar-refractivity contribution in [1.82, 2.24) is 14.8 Å². The van der Waals surface area contributed by atoms with Crippen molar-refractivity contribution < 1.29 is 0 Å². The number of nitrogens with two attached hydrogens (primary N) is 2. The Morgan fingerprint density at radius 3 is 1.34 bits per heavy atom. The second kappa shape index (κ2) is 12.9. The van der Waals surface area contributed by atoms with Crippen molar-refractivity contribution in [2.24, 2.45) is 21.5 Å². The minimum Gasteiger partial charge on any atom is -0.384 e. The second-order valence-corrected chi connectivity index (χ2v) is 9.29. The molecule has 7 nitrogen and oxygen atoms in total. The maximum atomic E-state index is 6.17. The molecule has 0 fully saturated rings. The zero-order valence-electron chi connectivity index (χ0n) is 21.5. The molecular formula is C28H39N7. The highest BCUT2D eigenvalue weighted by molar-refractivity contribution is 5.98. The lowest BCUT2D eigenvalue weighted by atomic mass is 10.1. The third-order valence-electron chi connectivity index (χ3n) is 5.76. The monoisotopic (exact) mass is 473 g/mol. The highest BCUT2D eigenvalue weighted by Crippen LogP contribution is 2.25. The Bertz CT molecular complexity index is 1020. The molecule has 35 heavy (non-hydrogen) atoms. The summed E-state index contributed by atoms with van der Waals surface area (Å²) in [7, 11) is 8.25. The maximum Gasteiger partial charge on any atom is 0.125 e. The number of amidine groups is 2. The number of rotatable bonds is 12. The van der Waals surface area contributed by atoms with Crippen molar-refractivity contribution in [3.63, 3.8) is 0 Å². The van der Waals surface area contributed by atoms with Crippen LogP contribution in [0.25, 0.3) is 22.5 Å². The van der Waals surface area contributed by atoms with Crippen LogP contribution in [0.5, 0.6) is 0 Å². The van der Waals surface area contributed by atoms with E-state index in [0.717, 1.165) is 72.7 Å². The third kappa shape index (κ3) is 8.09. The van der Waals surface area contributed by atoms with Crippen molar-refractivity contribution in [1.29, 1.82) is 0 Å². The first-order chi connectivity index (χ1) is 16.8. The summed E-state index contributed by atoms with van der Waals surface area (Å²) in [6.45, 7) is 3.48. The molecule has 1 heterocycles. The van der Waals surface area contributed by atoms with Crippen molar-refractivity contribution in [2.75, 3.05) is 54.4 Å². The van der Waals surface area contributed by atoms with Crippen LogP contribution in [-0.4, -0.2) is 80.8 Å². The van der Waals surface area contributed by atoms with E-state index in [1.54, 1.807) is 0 Å². The predicted molar refractivity (Wildman–Crippen MR) is 149 cm³/mol. The standard InChI is InChI=1S/C28H39N7/c1-34(2)19-5-17-31-27(29)23-11-7-21(8-12-23)25-15-16-26(33-25)22-9-13-24(14-10-22)28(30)32-18-6-20-35(3)4/h7-16,33H,5-6,17-20H2,1-4H3,(H2,29,31)(H2,30,32). The first-order valence-electron chi connectivity index (χ1n) is 12.1. The summed E-state index contributed by atoms with van der Waals surface area (Å²) in [5.74, 6) is 1.17. The van der Waals surface area contributed by atoms with E-state index in [1.165, 1.54) is 0 Å². The van der Waals surface area contributed by atoms with Crippen LogP contribution < -0.4 is 11.5 Å². The van der Waals surface area contributed by atoms with Gasteiger partial charge in [-0.25, -0.2) is 0 Å². The number of H-pyrrole nitrogens is 1. The molecule has 0 bridgehead atoms. The van der Waals surface area contributed by atoms with Gasteiger partial charge in [-0.1, -0.05) is 48.5 Å². The quantitative estimate of drug-likeness (QED) is 0.212. The van der Waals surface area contributed by atoms with Crippen LogP contribution in [-0.2, 0) is 0 Å². The summed E-state index contributed by atoms with van der Waals surface area (Å²) in [4.78, 5) is 16.8. The van der Waals surface area contributed by atoms with Gasteiger partial charge in [0.15, 0.2) is 0 Å². The van der Waals surface area contributed by atoms with E-state index < -0.39 is 0 Å². The van der Waals surface area contributed by atoms with Crippen LogP contribution in [0, 0.1) is 0 Å². The highest BCUT2D eigenvalue weighted by Gasteiger charge is 2.07. The van der Waals surface area contributed by atoms with Crippen LogP contribution in [0.2, 0.25) is 0 Å². The smallest absolute Gasteiger partial charge is 0.125 e. The van der Waals surface area contributed by atoms with Crippen molar-refractivity contribution >= 4 is 11.7 Å². The van der Waals surface area contributed by atoms with E-state index in [1.807, 2.05) is 24.3 Å². The molecule has 0 saturated carbocycles. The molecule has 0 aliphatic carbocycles. The molecule has 0 amide bonds. The van der Waals surface area contributed by atoms with Crippen LogP contribution in [0.15, 0.2) is 70.6 Å². The van der Waals surface area contributed by atoms with E-state index in [9.17, 15) is 0 Å². The zero-order valence-corrected chi connectivity index (χ0v) is 21.5. The van der Waals surface area contributed by atoms with Crippen molar-refractivity contribution in [3.8, 4) is 22.5 Å². The summed E-state index contributed by atoms with van der Waals surface area (Å²) < 4.78 is 0. The number of aromatic amines is 1. The molecule has 0 aliphatic rings. The van der Waals surface area contributed by atoms with E-state index in [4.69, 9.17) is 11.5 Å². The molecule has 0 aliphatic heterocycles. The number of nitrogens with one attached hydrogen (secondary N) is 1. The summed E-state index contributed by atoms with van der Waals surface area (Å²) in [6, 6.07) is 20.6. The number of hydrogen-bond donors (Lipinski definition) is 3. The van der Waals surface area contributed by atoms with Crippen LogP contribution in [0.4, 0.5) is 0 Å².